The van der Waals surface area contributed by atoms with Gasteiger partial charge in [-0.25, -0.2) is 4.79 Å². The smallest absolute Gasteiger partial charge is 0.407 e. The van der Waals surface area contributed by atoms with Gasteiger partial charge in [-0.2, -0.15) is 5.26 Å². The zero-order valence-electron chi connectivity index (χ0n) is 14.2. The van der Waals surface area contributed by atoms with Gasteiger partial charge in [0.05, 0.1) is 17.2 Å². The molecule has 0 saturated carbocycles. The third-order valence-corrected chi connectivity index (χ3v) is 2.80. The summed E-state index contributed by atoms with van der Waals surface area (Å²) in [6, 6.07) is 8.35. The molecule has 2 amide bonds. The van der Waals surface area contributed by atoms with E-state index in [0.717, 1.165) is 0 Å². The van der Waals surface area contributed by atoms with Crippen LogP contribution in [0.1, 0.15) is 50.5 Å². The van der Waals surface area contributed by atoms with Crippen LogP contribution in [0.5, 0.6) is 0 Å². The molecule has 6 heteroatoms. The number of rotatable bonds is 4. The number of amides is 2. The molecule has 0 radical (unpaired) electrons. The summed E-state index contributed by atoms with van der Waals surface area (Å²) < 4.78 is 5.15. The predicted octanol–water partition coefficient (Wildman–Crippen LogP) is 2.59. The molecule has 124 valence electrons. The maximum absolute atomic E-state index is 12.2. The molecule has 6 nitrogen and oxygen atoms in total. The molecule has 2 N–H and O–H groups in total. The van der Waals surface area contributed by atoms with E-state index in [1.165, 1.54) is 0 Å². The van der Waals surface area contributed by atoms with Crippen LogP contribution in [-0.4, -0.2) is 29.7 Å². The van der Waals surface area contributed by atoms with Crippen molar-refractivity contribution < 1.29 is 14.3 Å². The van der Waals surface area contributed by atoms with E-state index >= 15 is 0 Å². The number of alkyl carbamates (subject to hydrolysis) is 1. The van der Waals surface area contributed by atoms with Gasteiger partial charge < -0.3 is 15.4 Å². The fourth-order valence-electron chi connectivity index (χ4n) is 1.73. The Morgan fingerprint density at radius 3 is 2.17 bits per heavy atom. The van der Waals surface area contributed by atoms with Crippen LogP contribution in [0.3, 0.4) is 0 Å². The Balaban J connectivity index is 2.58. The fourth-order valence-corrected chi connectivity index (χ4v) is 1.73. The van der Waals surface area contributed by atoms with E-state index in [2.05, 4.69) is 10.6 Å². The molecule has 0 aliphatic carbocycles. The van der Waals surface area contributed by atoms with E-state index in [4.69, 9.17) is 10.00 Å². The molecule has 0 fully saturated rings. The summed E-state index contributed by atoms with van der Waals surface area (Å²) in [7, 11) is 0. The van der Waals surface area contributed by atoms with Crippen molar-refractivity contribution in [3.8, 4) is 6.07 Å². The standard InChI is InChI=1S/C17H23N3O3/c1-16(2,3)23-15(22)19-11-17(4,5)20-14(21)13-8-6-12(10-18)7-9-13/h6-9H,11H2,1-5H3,(H,19,22)(H,20,21). The van der Waals surface area contributed by atoms with Gasteiger partial charge in [-0.3, -0.25) is 4.79 Å². The minimum absolute atomic E-state index is 0.226. The summed E-state index contributed by atoms with van der Waals surface area (Å²) in [4.78, 5) is 23.9. The summed E-state index contributed by atoms with van der Waals surface area (Å²) in [6.07, 6.45) is -0.529. The molecule has 0 unspecified atom stereocenters. The second-order valence-corrected chi connectivity index (χ2v) is 6.88. The number of nitrogens with zero attached hydrogens (tertiary/aromatic N) is 1. The second-order valence-electron chi connectivity index (χ2n) is 6.88. The van der Waals surface area contributed by atoms with Crippen LogP contribution < -0.4 is 10.6 Å². The lowest BCUT2D eigenvalue weighted by molar-refractivity contribution is 0.0509. The first-order valence-electron chi connectivity index (χ1n) is 7.32. The van der Waals surface area contributed by atoms with Gasteiger partial charge in [-0.05, 0) is 58.9 Å². The molecule has 23 heavy (non-hydrogen) atoms. The normalized spacial score (nSPS) is 11.3. The summed E-state index contributed by atoms with van der Waals surface area (Å²) in [5, 5.41) is 14.2. The first-order valence-corrected chi connectivity index (χ1v) is 7.32. The maximum atomic E-state index is 12.2. The van der Waals surface area contributed by atoms with E-state index in [0.29, 0.717) is 11.1 Å². The van der Waals surface area contributed by atoms with Gasteiger partial charge in [-0.1, -0.05) is 0 Å². The Labute approximate surface area is 136 Å². The van der Waals surface area contributed by atoms with Gasteiger partial charge in [-0.15, -0.1) is 0 Å². The quantitative estimate of drug-likeness (QED) is 0.893. The van der Waals surface area contributed by atoms with Crippen molar-refractivity contribution in [2.75, 3.05) is 6.54 Å². The molecular weight excluding hydrogens is 294 g/mol. The number of nitrogens with one attached hydrogen (secondary N) is 2. The van der Waals surface area contributed by atoms with Gasteiger partial charge >= 0.3 is 6.09 Å². The molecule has 0 aliphatic heterocycles. The number of benzene rings is 1. The zero-order valence-corrected chi connectivity index (χ0v) is 14.2. The minimum atomic E-state index is -0.651. The highest BCUT2D eigenvalue weighted by atomic mass is 16.6. The van der Waals surface area contributed by atoms with Crippen molar-refractivity contribution in [3.63, 3.8) is 0 Å². The van der Waals surface area contributed by atoms with Crippen LogP contribution >= 0.6 is 0 Å². The largest absolute Gasteiger partial charge is 0.444 e. The number of carbonyl (C=O) groups excluding carboxylic acids is 2. The minimum Gasteiger partial charge on any atom is -0.444 e. The fraction of sp³-hybridized carbons (Fsp3) is 0.471. The van der Waals surface area contributed by atoms with Crippen molar-refractivity contribution in [2.45, 2.75) is 45.8 Å². The third kappa shape index (κ3) is 6.83. The molecule has 1 aromatic rings. The van der Waals surface area contributed by atoms with Gasteiger partial charge in [0.1, 0.15) is 5.60 Å². The van der Waals surface area contributed by atoms with Gasteiger partial charge in [0.25, 0.3) is 5.91 Å². The Morgan fingerprint density at radius 1 is 1.13 bits per heavy atom. The Hall–Kier alpha value is -2.55. The van der Waals surface area contributed by atoms with Crippen LogP contribution in [0.25, 0.3) is 0 Å². The summed E-state index contributed by atoms with van der Waals surface area (Å²) in [5.41, 5.74) is -0.274. The molecule has 0 bridgehead atoms. The highest BCUT2D eigenvalue weighted by molar-refractivity contribution is 5.94. The first-order chi connectivity index (χ1) is 10.5. The topological polar surface area (TPSA) is 91.2 Å². The van der Waals surface area contributed by atoms with Crippen molar-refractivity contribution in [3.05, 3.63) is 35.4 Å². The average molecular weight is 317 g/mol. The maximum Gasteiger partial charge on any atom is 0.407 e. The average Bonchev–Trinajstić information content (AvgIpc) is 2.43. The number of ether oxygens (including phenoxy) is 1. The van der Waals surface area contributed by atoms with Gasteiger partial charge in [0.15, 0.2) is 0 Å². The lowest BCUT2D eigenvalue weighted by atomic mass is 10.0. The SMILES string of the molecule is CC(C)(CNC(=O)OC(C)(C)C)NC(=O)c1ccc(C#N)cc1. The molecule has 0 spiro atoms. The Kier molecular flexibility index (Phi) is 5.74. The van der Waals surface area contributed by atoms with Crippen molar-refractivity contribution >= 4 is 12.0 Å². The van der Waals surface area contributed by atoms with E-state index in [9.17, 15) is 9.59 Å². The van der Waals surface area contributed by atoms with E-state index < -0.39 is 17.2 Å². The predicted molar refractivity (Wildman–Crippen MR) is 86.9 cm³/mol. The summed E-state index contributed by atoms with van der Waals surface area (Å²) in [6.45, 7) is 9.17. The highest BCUT2D eigenvalue weighted by Crippen LogP contribution is 2.09. The van der Waals surface area contributed by atoms with Crippen LogP contribution in [0.2, 0.25) is 0 Å². The zero-order chi connectivity index (χ0) is 17.7. The number of nitriles is 1. The Bertz CT molecular complexity index is 607. The molecule has 0 aromatic heterocycles. The lowest BCUT2D eigenvalue weighted by Gasteiger charge is -2.27. The molecule has 0 heterocycles. The first kappa shape index (κ1) is 18.5. The van der Waals surface area contributed by atoms with Crippen molar-refractivity contribution in [2.24, 2.45) is 0 Å². The second kappa shape index (κ2) is 7.14. The van der Waals surface area contributed by atoms with Crippen molar-refractivity contribution in [1.29, 1.82) is 5.26 Å². The van der Waals surface area contributed by atoms with E-state index in [-0.39, 0.29) is 12.5 Å². The van der Waals surface area contributed by atoms with Crippen molar-refractivity contribution in [1.82, 2.24) is 10.6 Å². The van der Waals surface area contributed by atoms with Gasteiger partial charge in [0, 0.05) is 12.1 Å². The van der Waals surface area contributed by atoms with Crippen LogP contribution in [0.15, 0.2) is 24.3 Å². The third-order valence-electron chi connectivity index (χ3n) is 2.80. The summed E-state index contributed by atoms with van der Waals surface area (Å²) >= 11 is 0. The van der Waals surface area contributed by atoms with Gasteiger partial charge in [0.2, 0.25) is 0 Å². The molecule has 0 saturated heterocycles. The molecule has 0 atom stereocenters. The van der Waals surface area contributed by atoms with E-state index in [1.54, 1.807) is 58.9 Å². The molecule has 1 aromatic carbocycles. The molecule has 1 rings (SSSR count). The molecule has 0 aliphatic rings. The summed E-state index contributed by atoms with van der Waals surface area (Å²) in [5.74, 6) is -0.273. The number of hydrogen-bond acceptors (Lipinski definition) is 4. The van der Waals surface area contributed by atoms with E-state index in [1.807, 2.05) is 6.07 Å². The monoisotopic (exact) mass is 317 g/mol. The van der Waals surface area contributed by atoms with Crippen LogP contribution in [0, 0.1) is 11.3 Å². The lowest BCUT2D eigenvalue weighted by Crippen LogP contribution is -2.52. The molecular formula is C17H23N3O3. The highest BCUT2D eigenvalue weighted by Gasteiger charge is 2.23. The van der Waals surface area contributed by atoms with Crippen LogP contribution in [0.4, 0.5) is 4.79 Å². The number of carbonyl (C=O) groups is 2. The number of hydrogen-bond donors (Lipinski definition) is 2. The Morgan fingerprint density at radius 2 is 1.70 bits per heavy atom. The van der Waals surface area contributed by atoms with Crippen LogP contribution in [-0.2, 0) is 4.74 Å².